The van der Waals surface area contributed by atoms with Gasteiger partial charge in [0, 0.05) is 30.6 Å². The molecular formula is C21H27N3O3. The van der Waals surface area contributed by atoms with E-state index in [-0.39, 0.29) is 30.1 Å². The van der Waals surface area contributed by atoms with E-state index in [4.69, 9.17) is 4.52 Å². The molecule has 1 atom stereocenters. The first-order valence-electron chi connectivity index (χ1n) is 9.48. The molecule has 27 heavy (non-hydrogen) atoms. The van der Waals surface area contributed by atoms with Crippen LogP contribution in [0, 0.1) is 5.92 Å². The van der Waals surface area contributed by atoms with Gasteiger partial charge in [-0.15, -0.1) is 0 Å². The summed E-state index contributed by atoms with van der Waals surface area (Å²) in [5.41, 5.74) is 2.77. The Hall–Kier alpha value is -2.63. The summed E-state index contributed by atoms with van der Waals surface area (Å²) in [6.45, 7) is 9.03. The van der Waals surface area contributed by atoms with Crippen molar-refractivity contribution in [3.63, 3.8) is 0 Å². The third kappa shape index (κ3) is 4.38. The van der Waals surface area contributed by atoms with Gasteiger partial charge in [0.1, 0.15) is 11.5 Å². The third-order valence-corrected chi connectivity index (χ3v) is 4.96. The van der Waals surface area contributed by atoms with Crippen molar-refractivity contribution in [1.29, 1.82) is 0 Å². The van der Waals surface area contributed by atoms with Gasteiger partial charge in [0.2, 0.25) is 11.8 Å². The van der Waals surface area contributed by atoms with Crippen LogP contribution in [-0.4, -0.2) is 23.5 Å². The maximum Gasteiger partial charge on any atom is 0.227 e. The van der Waals surface area contributed by atoms with Gasteiger partial charge < -0.3 is 14.7 Å². The van der Waals surface area contributed by atoms with Crippen LogP contribution in [0.15, 0.2) is 34.9 Å². The molecule has 2 aromatic rings. The Labute approximate surface area is 159 Å². The molecule has 6 heteroatoms. The number of aromatic nitrogens is 1. The molecule has 1 N–H and O–H groups in total. The number of nitrogens with one attached hydrogen (secondary N) is 1. The summed E-state index contributed by atoms with van der Waals surface area (Å²) in [4.78, 5) is 26.6. The lowest BCUT2D eigenvalue weighted by molar-refractivity contribution is -0.126. The predicted octanol–water partition coefficient (Wildman–Crippen LogP) is 3.59. The molecule has 1 saturated heterocycles. The molecule has 0 bridgehead atoms. The Morgan fingerprint density at radius 3 is 2.52 bits per heavy atom. The van der Waals surface area contributed by atoms with E-state index in [2.05, 4.69) is 24.3 Å². The van der Waals surface area contributed by atoms with Crippen LogP contribution in [0.3, 0.4) is 0 Å². The van der Waals surface area contributed by atoms with E-state index < -0.39 is 0 Å². The van der Waals surface area contributed by atoms with Crippen molar-refractivity contribution < 1.29 is 14.1 Å². The average Bonchev–Trinajstić information content (AvgIpc) is 3.26. The Morgan fingerprint density at radius 1 is 1.22 bits per heavy atom. The minimum Gasteiger partial charge on any atom is -0.361 e. The predicted molar refractivity (Wildman–Crippen MR) is 103 cm³/mol. The first-order chi connectivity index (χ1) is 12.8. The Morgan fingerprint density at radius 2 is 1.93 bits per heavy atom. The van der Waals surface area contributed by atoms with Crippen LogP contribution < -0.4 is 10.2 Å². The smallest absolute Gasteiger partial charge is 0.227 e. The van der Waals surface area contributed by atoms with E-state index in [0.717, 1.165) is 11.4 Å². The third-order valence-electron chi connectivity index (χ3n) is 4.96. The number of hydrogen-bond donors (Lipinski definition) is 1. The Kier molecular flexibility index (Phi) is 5.63. The van der Waals surface area contributed by atoms with Crippen LogP contribution in [0.1, 0.15) is 63.0 Å². The van der Waals surface area contributed by atoms with Gasteiger partial charge in [0.15, 0.2) is 0 Å². The highest BCUT2D eigenvalue weighted by atomic mass is 16.5. The summed E-state index contributed by atoms with van der Waals surface area (Å²) < 4.78 is 5.24. The van der Waals surface area contributed by atoms with E-state index in [1.807, 2.05) is 44.2 Å². The first kappa shape index (κ1) is 19.1. The lowest BCUT2D eigenvalue weighted by Gasteiger charge is -2.17. The Bertz CT molecular complexity index is 808. The maximum atomic E-state index is 12.5. The molecule has 1 aromatic carbocycles. The largest absolute Gasteiger partial charge is 0.361 e. The molecule has 144 valence electrons. The van der Waals surface area contributed by atoms with Crippen molar-refractivity contribution in [3.05, 3.63) is 47.3 Å². The van der Waals surface area contributed by atoms with E-state index in [0.29, 0.717) is 24.7 Å². The summed E-state index contributed by atoms with van der Waals surface area (Å²) >= 11 is 0. The molecule has 0 spiro atoms. The molecule has 0 radical (unpaired) electrons. The number of benzene rings is 1. The second kappa shape index (κ2) is 7.94. The van der Waals surface area contributed by atoms with Gasteiger partial charge in [-0.25, -0.2) is 0 Å². The number of rotatable bonds is 6. The Balaban J connectivity index is 1.58. The monoisotopic (exact) mass is 369 g/mol. The average molecular weight is 369 g/mol. The second-order valence-corrected chi connectivity index (χ2v) is 7.74. The van der Waals surface area contributed by atoms with Crippen LogP contribution in [0.4, 0.5) is 5.69 Å². The van der Waals surface area contributed by atoms with Crippen molar-refractivity contribution in [3.8, 4) is 0 Å². The molecule has 1 aliphatic rings. The van der Waals surface area contributed by atoms with Crippen LogP contribution in [-0.2, 0) is 16.1 Å². The SMILES string of the molecule is CC(C)c1ccc(N2C[C@H](C(=O)NCc3cc(C(C)C)on3)CC2=O)cc1. The fourth-order valence-corrected chi connectivity index (χ4v) is 3.18. The van der Waals surface area contributed by atoms with Gasteiger partial charge in [-0.05, 0) is 23.6 Å². The van der Waals surface area contributed by atoms with E-state index in [9.17, 15) is 9.59 Å². The van der Waals surface area contributed by atoms with Crippen molar-refractivity contribution >= 4 is 17.5 Å². The van der Waals surface area contributed by atoms with Gasteiger partial charge >= 0.3 is 0 Å². The molecule has 0 saturated carbocycles. The van der Waals surface area contributed by atoms with Crippen LogP contribution >= 0.6 is 0 Å². The zero-order valence-electron chi connectivity index (χ0n) is 16.4. The summed E-state index contributed by atoms with van der Waals surface area (Å²) in [5.74, 6) is 1.00. The zero-order valence-corrected chi connectivity index (χ0v) is 16.4. The number of carbonyl (C=O) groups is 2. The maximum absolute atomic E-state index is 12.5. The molecule has 0 aliphatic carbocycles. The number of amides is 2. The number of nitrogens with zero attached hydrogens (tertiary/aromatic N) is 2. The first-order valence-corrected chi connectivity index (χ1v) is 9.48. The minimum atomic E-state index is -0.348. The van der Waals surface area contributed by atoms with Crippen LogP contribution in [0.25, 0.3) is 0 Å². The lowest BCUT2D eigenvalue weighted by Crippen LogP contribution is -2.32. The highest BCUT2D eigenvalue weighted by molar-refractivity contribution is 6.00. The molecule has 6 nitrogen and oxygen atoms in total. The summed E-state index contributed by atoms with van der Waals surface area (Å²) in [5, 5.41) is 6.84. The van der Waals surface area contributed by atoms with Crippen molar-refractivity contribution in [1.82, 2.24) is 10.5 Å². The van der Waals surface area contributed by atoms with Crippen molar-refractivity contribution in [2.24, 2.45) is 5.92 Å². The lowest BCUT2D eigenvalue weighted by atomic mass is 10.0. The topological polar surface area (TPSA) is 75.4 Å². The van der Waals surface area contributed by atoms with E-state index in [1.165, 1.54) is 5.56 Å². The van der Waals surface area contributed by atoms with E-state index >= 15 is 0 Å². The molecule has 3 rings (SSSR count). The van der Waals surface area contributed by atoms with Crippen LogP contribution in [0.2, 0.25) is 0 Å². The van der Waals surface area contributed by atoms with Gasteiger partial charge in [0.05, 0.1) is 12.5 Å². The van der Waals surface area contributed by atoms with Crippen LogP contribution in [0.5, 0.6) is 0 Å². The molecule has 2 heterocycles. The molecule has 1 aliphatic heterocycles. The summed E-state index contributed by atoms with van der Waals surface area (Å²) in [7, 11) is 0. The van der Waals surface area contributed by atoms with Gasteiger partial charge in [-0.3, -0.25) is 9.59 Å². The summed E-state index contributed by atoms with van der Waals surface area (Å²) in [6, 6.07) is 9.84. The fourth-order valence-electron chi connectivity index (χ4n) is 3.18. The minimum absolute atomic E-state index is 0.0176. The van der Waals surface area contributed by atoms with Gasteiger partial charge in [0.25, 0.3) is 0 Å². The number of hydrogen-bond acceptors (Lipinski definition) is 4. The van der Waals surface area contributed by atoms with Crippen molar-refractivity contribution in [2.75, 3.05) is 11.4 Å². The number of anilines is 1. The molecule has 2 amide bonds. The molecule has 1 fully saturated rings. The van der Waals surface area contributed by atoms with Crippen molar-refractivity contribution in [2.45, 2.75) is 52.5 Å². The standard InChI is InChI=1S/C21H27N3O3/c1-13(2)15-5-7-18(8-6-15)24-12-16(9-20(24)25)21(26)22-11-17-10-19(14(3)4)27-23-17/h5-8,10,13-14,16H,9,11-12H2,1-4H3,(H,22,26)/t16-/m1/s1. The highest BCUT2D eigenvalue weighted by Gasteiger charge is 2.35. The molecule has 1 aromatic heterocycles. The molecule has 0 unspecified atom stereocenters. The second-order valence-electron chi connectivity index (χ2n) is 7.74. The van der Waals surface area contributed by atoms with Gasteiger partial charge in [-0.2, -0.15) is 0 Å². The highest BCUT2D eigenvalue weighted by Crippen LogP contribution is 2.27. The normalized spacial score (nSPS) is 17.2. The van der Waals surface area contributed by atoms with Gasteiger partial charge in [-0.1, -0.05) is 45.0 Å². The zero-order chi connectivity index (χ0) is 19.6. The quantitative estimate of drug-likeness (QED) is 0.844. The number of carbonyl (C=O) groups excluding carboxylic acids is 2. The fraction of sp³-hybridized carbons (Fsp3) is 0.476. The van der Waals surface area contributed by atoms with E-state index in [1.54, 1.807) is 4.90 Å². The molecular weight excluding hydrogens is 342 g/mol. The summed E-state index contributed by atoms with van der Waals surface area (Å²) in [6.07, 6.45) is 0.230.